The van der Waals surface area contributed by atoms with Crippen LogP contribution in [0.5, 0.6) is 0 Å². The Balaban J connectivity index is 1.38. The largest absolute Gasteiger partial charge is 0.503 e. The van der Waals surface area contributed by atoms with Gasteiger partial charge in [-0.25, -0.2) is 0 Å². The van der Waals surface area contributed by atoms with Crippen molar-refractivity contribution in [3.8, 4) is 0 Å². The summed E-state index contributed by atoms with van der Waals surface area (Å²) in [6.07, 6.45) is 4.38. The van der Waals surface area contributed by atoms with Crippen LogP contribution in [0.25, 0.3) is 0 Å². The Morgan fingerprint density at radius 3 is 2.34 bits per heavy atom. The Hall–Kier alpha value is -3.58. The van der Waals surface area contributed by atoms with E-state index in [1.807, 2.05) is 18.2 Å². The van der Waals surface area contributed by atoms with Crippen molar-refractivity contribution in [2.75, 3.05) is 13.1 Å². The lowest BCUT2D eigenvalue weighted by Crippen LogP contribution is -2.47. The van der Waals surface area contributed by atoms with Crippen molar-refractivity contribution in [3.05, 3.63) is 95.5 Å². The minimum atomic E-state index is -0.777. The van der Waals surface area contributed by atoms with E-state index in [-0.39, 0.29) is 17.4 Å². The highest BCUT2D eigenvalue weighted by Gasteiger charge is 2.48. The number of Topliss-reactive ketones (excluding diaryl/α,β-unsaturated/α-hetero) is 1. The summed E-state index contributed by atoms with van der Waals surface area (Å²) in [5.74, 6) is -1.05. The van der Waals surface area contributed by atoms with Crippen molar-refractivity contribution < 1.29 is 23.5 Å². The van der Waals surface area contributed by atoms with Gasteiger partial charge in [-0.1, -0.05) is 30.3 Å². The number of rotatable bonds is 6. The summed E-state index contributed by atoms with van der Waals surface area (Å²) < 4.78 is 10.8. The van der Waals surface area contributed by atoms with Gasteiger partial charge < -0.3 is 18.8 Å². The van der Waals surface area contributed by atoms with Gasteiger partial charge in [-0.3, -0.25) is 14.5 Å². The molecule has 7 nitrogen and oxygen atoms in total. The molecule has 2 aromatic heterocycles. The average molecular weight is 432 g/mol. The number of carbonyl (C=O) groups is 2. The molecule has 4 heterocycles. The Kier molecular flexibility index (Phi) is 5.41. The molecule has 1 saturated heterocycles. The molecule has 1 aromatic carbocycles. The van der Waals surface area contributed by atoms with Gasteiger partial charge in [0.15, 0.2) is 11.5 Å². The van der Waals surface area contributed by atoms with E-state index in [1.165, 1.54) is 24.2 Å². The topological polar surface area (TPSA) is 87.1 Å². The number of furan rings is 2. The van der Waals surface area contributed by atoms with Crippen LogP contribution in [0.15, 0.2) is 87.3 Å². The van der Waals surface area contributed by atoms with E-state index in [1.54, 1.807) is 23.1 Å². The SMILES string of the molecule is O=C(C1=C(O)C(=O)N(C2CCN(Cc3ccccc3)CC2)C1c1ccco1)c1ccco1. The molecule has 32 heavy (non-hydrogen) atoms. The van der Waals surface area contributed by atoms with Gasteiger partial charge in [-0.2, -0.15) is 0 Å². The Bertz CT molecular complexity index is 1110. The predicted molar refractivity (Wildman–Crippen MR) is 116 cm³/mol. The standard InChI is InChI=1S/C25H24N2O5/c28-23(20-9-5-15-32-20)21-22(19-8-4-14-31-19)27(25(30)24(21)29)18-10-12-26(13-11-18)16-17-6-2-1-3-7-17/h1-9,14-15,18,22,29H,10-13,16H2. The maximum absolute atomic E-state index is 13.1. The molecule has 3 aromatic rings. The van der Waals surface area contributed by atoms with Gasteiger partial charge in [0.25, 0.3) is 5.91 Å². The molecule has 1 unspecified atom stereocenters. The molecule has 2 aliphatic heterocycles. The third kappa shape index (κ3) is 3.65. The monoisotopic (exact) mass is 432 g/mol. The van der Waals surface area contributed by atoms with Crippen LogP contribution in [0, 0.1) is 0 Å². The van der Waals surface area contributed by atoms with Gasteiger partial charge in [0.2, 0.25) is 5.78 Å². The number of hydrogen-bond acceptors (Lipinski definition) is 6. The molecule has 0 spiro atoms. The maximum atomic E-state index is 13.1. The van der Waals surface area contributed by atoms with E-state index in [0.29, 0.717) is 5.76 Å². The van der Waals surface area contributed by atoms with Crippen LogP contribution >= 0.6 is 0 Å². The molecule has 5 rings (SSSR count). The number of likely N-dealkylation sites (tertiary alicyclic amines) is 1. The molecule has 1 fully saturated rings. The molecule has 0 saturated carbocycles. The number of benzene rings is 1. The lowest BCUT2D eigenvalue weighted by Gasteiger charge is -2.39. The first-order chi connectivity index (χ1) is 15.6. The summed E-state index contributed by atoms with van der Waals surface area (Å²) in [5.41, 5.74) is 1.26. The van der Waals surface area contributed by atoms with Crippen molar-refractivity contribution in [3.63, 3.8) is 0 Å². The Labute approximate surface area is 185 Å². The fraction of sp³-hybridized carbons (Fsp3) is 0.280. The number of carbonyl (C=O) groups excluding carboxylic acids is 2. The second kappa shape index (κ2) is 8.51. The molecule has 0 radical (unpaired) electrons. The number of piperidine rings is 1. The highest BCUT2D eigenvalue weighted by molar-refractivity contribution is 6.14. The number of hydrogen-bond donors (Lipinski definition) is 1. The second-order valence-electron chi connectivity index (χ2n) is 8.19. The highest BCUT2D eigenvalue weighted by Crippen LogP contribution is 2.42. The van der Waals surface area contributed by atoms with E-state index in [2.05, 4.69) is 17.0 Å². The lowest BCUT2D eigenvalue weighted by atomic mass is 9.96. The molecular weight excluding hydrogens is 408 g/mol. The zero-order valence-electron chi connectivity index (χ0n) is 17.5. The average Bonchev–Trinajstić information content (AvgIpc) is 3.57. The predicted octanol–water partition coefficient (Wildman–Crippen LogP) is 4.12. The third-order valence-corrected chi connectivity index (χ3v) is 6.25. The Morgan fingerprint density at radius 1 is 0.969 bits per heavy atom. The van der Waals surface area contributed by atoms with Crippen LogP contribution in [0.1, 0.15) is 40.8 Å². The zero-order chi connectivity index (χ0) is 22.1. The van der Waals surface area contributed by atoms with E-state index in [0.717, 1.165) is 32.5 Å². The number of aliphatic hydroxyl groups is 1. The second-order valence-corrected chi connectivity index (χ2v) is 8.19. The van der Waals surface area contributed by atoms with E-state index >= 15 is 0 Å². The molecule has 0 aliphatic carbocycles. The molecule has 1 N–H and O–H groups in total. The van der Waals surface area contributed by atoms with Gasteiger partial charge in [-0.15, -0.1) is 0 Å². The minimum absolute atomic E-state index is 0.00613. The quantitative estimate of drug-likeness (QED) is 0.590. The summed E-state index contributed by atoms with van der Waals surface area (Å²) >= 11 is 0. The van der Waals surface area contributed by atoms with Crippen LogP contribution in [0.2, 0.25) is 0 Å². The number of ketones is 1. The van der Waals surface area contributed by atoms with Gasteiger partial charge >= 0.3 is 0 Å². The maximum Gasteiger partial charge on any atom is 0.290 e. The van der Waals surface area contributed by atoms with Crippen molar-refractivity contribution in [1.29, 1.82) is 0 Å². The van der Waals surface area contributed by atoms with Crippen molar-refractivity contribution >= 4 is 11.7 Å². The van der Waals surface area contributed by atoms with Crippen molar-refractivity contribution in [2.45, 2.75) is 31.5 Å². The van der Waals surface area contributed by atoms with Crippen LogP contribution in [-0.4, -0.2) is 45.7 Å². The highest BCUT2D eigenvalue weighted by atomic mass is 16.3. The van der Waals surface area contributed by atoms with Crippen LogP contribution in [0.3, 0.4) is 0 Å². The first-order valence-corrected chi connectivity index (χ1v) is 10.8. The normalized spacial score (nSPS) is 20.3. The Morgan fingerprint density at radius 2 is 1.69 bits per heavy atom. The molecule has 2 aliphatic rings. The summed E-state index contributed by atoms with van der Waals surface area (Å²) in [4.78, 5) is 30.2. The van der Waals surface area contributed by atoms with Crippen LogP contribution < -0.4 is 0 Å². The third-order valence-electron chi connectivity index (χ3n) is 6.25. The van der Waals surface area contributed by atoms with Crippen molar-refractivity contribution in [1.82, 2.24) is 9.80 Å². The summed E-state index contributed by atoms with van der Waals surface area (Å²) in [6, 6.07) is 16.0. The van der Waals surface area contributed by atoms with E-state index in [4.69, 9.17) is 8.83 Å². The summed E-state index contributed by atoms with van der Waals surface area (Å²) in [6.45, 7) is 2.49. The van der Waals surface area contributed by atoms with E-state index in [9.17, 15) is 14.7 Å². The number of aliphatic hydroxyl groups excluding tert-OH is 1. The first-order valence-electron chi connectivity index (χ1n) is 10.8. The molecule has 1 atom stereocenters. The first kappa shape index (κ1) is 20.3. The molecule has 0 bridgehead atoms. The van der Waals surface area contributed by atoms with Crippen molar-refractivity contribution in [2.24, 2.45) is 0 Å². The molecule has 7 heteroatoms. The fourth-order valence-corrected chi connectivity index (χ4v) is 4.70. The summed E-state index contributed by atoms with van der Waals surface area (Å²) in [5, 5.41) is 10.7. The smallest absolute Gasteiger partial charge is 0.290 e. The fourth-order valence-electron chi connectivity index (χ4n) is 4.70. The molecule has 1 amide bonds. The van der Waals surface area contributed by atoms with Gasteiger partial charge in [0, 0.05) is 25.7 Å². The summed E-state index contributed by atoms with van der Waals surface area (Å²) in [7, 11) is 0. The van der Waals surface area contributed by atoms with Gasteiger partial charge in [0.1, 0.15) is 11.8 Å². The zero-order valence-corrected chi connectivity index (χ0v) is 17.5. The minimum Gasteiger partial charge on any atom is -0.503 e. The van der Waals surface area contributed by atoms with E-state index < -0.39 is 23.5 Å². The molecular formula is C25H24N2O5. The van der Waals surface area contributed by atoms with Gasteiger partial charge in [-0.05, 0) is 42.7 Å². The van der Waals surface area contributed by atoms with Crippen LogP contribution in [0.4, 0.5) is 0 Å². The number of nitrogens with zero attached hydrogens (tertiary/aromatic N) is 2. The molecule has 164 valence electrons. The van der Waals surface area contributed by atoms with Gasteiger partial charge in [0.05, 0.1) is 18.1 Å². The lowest BCUT2D eigenvalue weighted by molar-refractivity contribution is -0.133. The number of amides is 1. The van der Waals surface area contributed by atoms with Crippen LogP contribution in [-0.2, 0) is 11.3 Å².